The van der Waals surface area contributed by atoms with Gasteiger partial charge in [0.2, 0.25) is 0 Å². The monoisotopic (exact) mass is 636 g/mol. The number of rotatable bonds is 21. The second kappa shape index (κ2) is 21.5. The standard InChI is InChI=1S/C31H56O13/c1-3-40-23(34)17-15-13-11-9-7-5-4-6-8-10-12-14-16-20(2)41-31-29(27(38)25(36)22(19-33)43-31)44-30-28(39)26(37)24(35)21(18-32)42-30/h4,6,20-22,24-33,35-39H,3,5,7-19H2,1-2H3/b6-4-/t20?,21-,22-,24-,25-,26+,27+,28-,29-,30+,31-/m1/s1. The molecule has 2 rings (SSSR count). The Labute approximate surface area is 260 Å². The summed E-state index contributed by atoms with van der Waals surface area (Å²) < 4.78 is 27.7. The average molecular weight is 637 g/mol. The van der Waals surface area contributed by atoms with Gasteiger partial charge in [-0.25, -0.2) is 0 Å². The molecule has 2 saturated heterocycles. The Morgan fingerprint density at radius 3 is 1.89 bits per heavy atom. The Morgan fingerprint density at radius 1 is 0.727 bits per heavy atom. The molecule has 0 aromatic heterocycles. The van der Waals surface area contributed by atoms with Crippen LogP contribution in [0.15, 0.2) is 12.2 Å². The molecular weight excluding hydrogens is 580 g/mol. The topological polar surface area (TPSA) is 205 Å². The van der Waals surface area contributed by atoms with Gasteiger partial charge in [0.1, 0.15) is 48.8 Å². The molecule has 7 N–H and O–H groups in total. The lowest BCUT2D eigenvalue weighted by Gasteiger charge is -2.46. The van der Waals surface area contributed by atoms with Crippen LogP contribution >= 0.6 is 0 Å². The van der Waals surface area contributed by atoms with E-state index >= 15 is 0 Å². The number of aliphatic hydroxyl groups excluding tert-OH is 7. The number of hydrogen-bond acceptors (Lipinski definition) is 13. The van der Waals surface area contributed by atoms with Gasteiger partial charge < -0.3 is 59.4 Å². The minimum absolute atomic E-state index is 0.110. The molecule has 0 spiro atoms. The van der Waals surface area contributed by atoms with E-state index in [1.165, 1.54) is 0 Å². The molecule has 0 amide bonds. The van der Waals surface area contributed by atoms with Gasteiger partial charge in [0.25, 0.3) is 0 Å². The van der Waals surface area contributed by atoms with Crippen molar-refractivity contribution in [3.05, 3.63) is 12.2 Å². The number of carbonyl (C=O) groups is 1. The second-order valence-electron chi connectivity index (χ2n) is 11.7. The van der Waals surface area contributed by atoms with E-state index in [4.69, 9.17) is 23.7 Å². The zero-order chi connectivity index (χ0) is 32.5. The number of esters is 1. The Morgan fingerprint density at radius 2 is 1.27 bits per heavy atom. The molecule has 13 heteroatoms. The van der Waals surface area contributed by atoms with E-state index in [9.17, 15) is 40.5 Å². The normalized spacial score (nSPS) is 33.5. The molecule has 0 bridgehead atoms. The number of carbonyl (C=O) groups excluding carboxylic acids is 1. The van der Waals surface area contributed by atoms with Crippen LogP contribution in [0.5, 0.6) is 0 Å². The van der Waals surface area contributed by atoms with Crippen LogP contribution < -0.4 is 0 Å². The molecule has 2 fully saturated rings. The number of hydrogen-bond donors (Lipinski definition) is 7. The fourth-order valence-corrected chi connectivity index (χ4v) is 5.34. The Bertz CT molecular complexity index is 797. The van der Waals surface area contributed by atoms with Gasteiger partial charge in [0, 0.05) is 6.42 Å². The molecule has 44 heavy (non-hydrogen) atoms. The summed E-state index contributed by atoms with van der Waals surface area (Å²) in [6, 6.07) is 0. The van der Waals surface area contributed by atoms with Gasteiger partial charge in [0.15, 0.2) is 12.6 Å². The second-order valence-corrected chi connectivity index (χ2v) is 11.7. The fraction of sp³-hybridized carbons (Fsp3) is 0.903. The summed E-state index contributed by atoms with van der Waals surface area (Å²) in [5.41, 5.74) is 0. The third-order valence-corrected chi connectivity index (χ3v) is 8.04. The van der Waals surface area contributed by atoms with Gasteiger partial charge in [0.05, 0.1) is 25.9 Å². The van der Waals surface area contributed by atoms with Crippen molar-refractivity contribution in [2.45, 2.75) is 158 Å². The molecule has 258 valence electrons. The maximum Gasteiger partial charge on any atom is 0.305 e. The lowest BCUT2D eigenvalue weighted by molar-refractivity contribution is -0.371. The predicted molar refractivity (Wildman–Crippen MR) is 158 cm³/mol. The first kappa shape index (κ1) is 39.0. The van der Waals surface area contributed by atoms with Crippen LogP contribution in [-0.4, -0.2) is 129 Å². The minimum atomic E-state index is -1.71. The van der Waals surface area contributed by atoms with Gasteiger partial charge in [-0.15, -0.1) is 0 Å². The van der Waals surface area contributed by atoms with Crippen molar-refractivity contribution in [1.82, 2.24) is 0 Å². The van der Waals surface area contributed by atoms with E-state index in [2.05, 4.69) is 12.2 Å². The first-order chi connectivity index (χ1) is 21.1. The van der Waals surface area contributed by atoms with Gasteiger partial charge in [-0.1, -0.05) is 44.3 Å². The van der Waals surface area contributed by atoms with Crippen LogP contribution in [0.1, 0.15) is 90.9 Å². The summed E-state index contributed by atoms with van der Waals surface area (Å²) in [6.45, 7) is 2.85. The molecule has 0 aliphatic carbocycles. The maximum atomic E-state index is 11.3. The Balaban J connectivity index is 1.69. The predicted octanol–water partition coefficient (Wildman–Crippen LogP) is 0.816. The third kappa shape index (κ3) is 12.9. The molecule has 0 radical (unpaired) electrons. The number of ether oxygens (including phenoxy) is 5. The highest BCUT2D eigenvalue weighted by molar-refractivity contribution is 5.69. The fourth-order valence-electron chi connectivity index (χ4n) is 5.34. The van der Waals surface area contributed by atoms with E-state index in [0.717, 1.165) is 64.2 Å². The summed E-state index contributed by atoms with van der Waals surface area (Å²) in [4.78, 5) is 11.3. The van der Waals surface area contributed by atoms with Crippen LogP contribution in [-0.2, 0) is 28.5 Å². The number of aliphatic hydroxyl groups is 7. The zero-order valence-corrected chi connectivity index (χ0v) is 26.2. The van der Waals surface area contributed by atoms with Gasteiger partial charge in [-0.3, -0.25) is 4.79 Å². The molecule has 0 saturated carbocycles. The van der Waals surface area contributed by atoms with Gasteiger partial charge >= 0.3 is 5.97 Å². The van der Waals surface area contributed by atoms with E-state index in [0.29, 0.717) is 19.4 Å². The van der Waals surface area contributed by atoms with Crippen molar-refractivity contribution < 1.29 is 64.2 Å². The van der Waals surface area contributed by atoms with E-state index < -0.39 is 74.6 Å². The molecule has 0 aromatic rings. The number of unbranched alkanes of at least 4 members (excludes halogenated alkanes) is 8. The molecule has 1 unspecified atom stereocenters. The first-order valence-electron chi connectivity index (χ1n) is 16.2. The molecule has 2 aliphatic rings. The van der Waals surface area contributed by atoms with Crippen molar-refractivity contribution in [1.29, 1.82) is 0 Å². The van der Waals surface area contributed by atoms with Crippen LogP contribution in [0, 0.1) is 0 Å². The van der Waals surface area contributed by atoms with Crippen molar-refractivity contribution in [3.63, 3.8) is 0 Å². The highest BCUT2D eigenvalue weighted by Gasteiger charge is 2.51. The quantitative estimate of drug-likeness (QED) is 0.0530. The molecular formula is C31H56O13. The van der Waals surface area contributed by atoms with Crippen molar-refractivity contribution in [3.8, 4) is 0 Å². The highest BCUT2D eigenvalue weighted by Crippen LogP contribution is 2.30. The molecule has 0 aromatic carbocycles. The highest BCUT2D eigenvalue weighted by atomic mass is 16.8. The van der Waals surface area contributed by atoms with Gasteiger partial charge in [-0.2, -0.15) is 0 Å². The summed E-state index contributed by atoms with van der Waals surface area (Å²) in [5, 5.41) is 70.7. The molecule has 2 heterocycles. The smallest absolute Gasteiger partial charge is 0.305 e. The lowest BCUT2D eigenvalue weighted by atomic mass is 9.97. The van der Waals surface area contributed by atoms with Crippen LogP contribution in [0.4, 0.5) is 0 Å². The molecule has 2 aliphatic heterocycles. The Kier molecular flexibility index (Phi) is 19.1. The summed E-state index contributed by atoms with van der Waals surface area (Å²) in [5.74, 6) is -0.110. The van der Waals surface area contributed by atoms with Gasteiger partial charge in [-0.05, 0) is 52.4 Å². The van der Waals surface area contributed by atoms with E-state index in [-0.39, 0.29) is 12.1 Å². The van der Waals surface area contributed by atoms with E-state index in [1.807, 2.05) is 13.8 Å². The molecule has 13 nitrogen and oxygen atoms in total. The zero-order valence-electron chi connectivity index (χ0n) is 26.2. The van der Waals surface area contributed by atoms with Crippen molar-refractivity contribution >= 4 is 5.97 Å². The summed E-state index contributed by atoms with van der Waals surface area (Å²) in [7, 11) is 0. The SMILES string of the molecule is CCOC(=O)CCCCCCC/C=C\CCCCCC(C)O[C@@H]1O[C@H](CO)[C@@H](O)[C@H](O)[C@H]1O[C@@H]1O[C@H](CO)[C@@H](O)[C@H](O)[C@H]1O. The maximum absolute atomic E-state index is 11.3. The Hall–Kier alpha value is -1.23. The average Bonchev–Trinajstić information content (AvgIpc) is 3.00. The third-order valence-electron chi connectivity index (χ3n) is 8.04. The number of allylic oxidation sites excluding steroid dienone is 2. The van der Waals surface area contributed by atoms with Crippen LogP contribution in [0.2, 0.25) is 0 Å². The van der Waals surface area contributed by atoms with Crippen molar-refractivity contribution in [2.75, 3.05) is 19.8 Å². The first-order valence-corrected chi connectivity index (χ1v) is 16.2. The summed E-state index contributed by atoms with van der Waals surface area (Å²) in [6.07, 6.45) is 0.901. The van der Waals surface area contributed by atoms with Crippen LogP contribution in [0.25, 0.3) is 0 Å². The summed E-state index contributed by atoms with van der Waals surface area (Å²) >= 11 is 0. The molecule has 11 atom stereocenters. The van der Waals surface area contributed by atoms with Crippen molar-refractivity contribution in [2.24, 2.45) is 0 Å². The minimum Gasteiger partial charge on any atom is -0.466 e. The van der Waals surface area contributed by atoms with E-state index in [1.54, 1.807) is 0 Å². The van der Waals surface area contributed by atoms with Crippen LogP contribution in [0.3, 0.4) is 0 Å². The largest absolute Gasteiger partial charge is 0.466 e. The lowest BCUT2D eigenvalue weighted by Crippen LogP contribution is -2.64.